The first-order valence-corrected chi connectivity index (χ1v) is 17.0. The minimum absolute atomic E-state index is 0. The molecule has 0 fully saturated rings. The monoisotopic (exact) mass is 340 g/mol. The van der Waals surface area contributed by atoms with Crippen molar-refractivity contribution >= 4 is 33.6 Å². The number of rotatable bonds is 2. The maximum absolute atomic E-state index is 4.95. The van der Waals surface area contributed by atoms with Crippen molar-refractivity contribution in [2.45, 2.75) is 32.6 Å². The van der Waals surface area contributed by atoms with Crippen molar-refractivity contribution in [3.8, 4) is 0 Å². The van der Waals surface area contributed by atoms with Crippen molar-refractivity contribution in [1.82, 2.24) is 4.98 Å². The molecule has 1 heterocycles. The second-order valence-electron chi connectivity index (χ2n) is 12.2. The molecule has 0 unspecified atom stereocenters. The summed E-state index contributed by atoms with van der Waals surface area (Å²) in [4.78, 5) is 8.41. The van der Waals surface area contributed by atoms with Crippen LogP contribution in [0.4, 0.5) is 0 Å². The Morgan fingerprint density at radius 3 is 2.05 bits per heavy atom. The van der Waals surface area contributed by atoms with Crippen molar-refractivity contribution < 1.29 is 11.0 Å². The maximum atomic E-state index is 4.95. The van der Waals surface area contributed by atoms with Crippen LogP contribution in [-0.2, 0) is 11.0 Å². The molecular formula is C15H28Cl2NTi. The van der Waals surface area contributed by atoms with Crippen molar-refractivity contribution in [3.63, 3.8) is 0 Å². The van der Waals surface area contributed by atoms with Gasteiger partial charge in [0.1, 0.15) is 0 Å². The number of aromatic nitrogens is 1. The Hall–Kier alpha value is -0.0757. The van der Waals surface area contributed by atoms with E-state index in [0.717, 1.165) is 6.42 Å². The fourth-order valence-corrected chi connectivity index (χ4v) is 10.8. The molecule has 0 aliphatic heterocycles. The SMILES string of the molecule is Cl.Cl.[CH2]=[Ti]([CH3])([CH3])([CH3])([CH3])([CH3])([C]1=CC=CC1)[c]1ccc[nH]1. The zero-order valence-electron chi connectivity index (χ0n) is 12.7. The molecular weight excluding hydrogens is 313 g/mol. The second kappa shape index (κ2) is 2.92. The van der Waals surface area contributed by atoms with Crippen LogP contribution < -0.4 is 4.00 Å². The van der Waals surface area contributed by atoms with Crippen LogP contribution in [0.1, 0.15) is 6.42 Å². The fraction of sp³-hybridized carbons (Fsp3) is 0.400. The van der Waals surface area contributed by atoms with E-state index < -0.39 is 11.0 Å². The Kier molecular flexibility index (Phi) is 2.91. The first kappa shape index (κ1) is 18.9. The molecule has 1 N–H and O–H groups in total. The van der Waals surface area contributed by atoms with E-state index in [1.54, 1.807) is 0 Å². The number of allylic oxidation sites excluding steroid dienone is 4. The van der Waals surface area contributed by atoms with Gasteiger partial charge in [-0.2, -0.15) is 0 Å². The normalized spacial score (nSPS) is 22.7. The van der Waals surface area contributed by atoms with E-state index in [9.17, 15) is 0 Å². The van der Waals surface area contributed by atoms with Gasteiger partial charge in [-0.15, -0.1) is 24.8 Å². The number of aromatic amines is 1. The predicted octanol–water partition coefficient (Wildman–Crippen LogP) is 5.30. The van der Waals surface area contributed by atoms with Gasteiger partial charge in [-0.05, 0) is 0 Å². The van der Waals surface area contributed by atoms with Crippen LogP contribution in [0, 0.1) is 0 Å². The Bertz CT molecular complexity index is 690. The van der Waals surface area contributed by atoms with Crippen LogP contribution in [-0.4, -0.2) is 9.80 Å². The molecule has 0 amide bonds. The van der Waals surface area contributed by atoms with Crippen molar-refractivity contribution in [3.05, 3.63) is 40.4 Å². The first-order valence-electron chi connectivity index (χ1n) is 6.56. The Balaban J connectivity index is 0.00000162. The first-order chi connectivity index (χ1) is 7.16. The summed E-state index contributed by atoms with van der Waals surface area (Å²) in [7, 11) is -4.55. The minimum atomic E-state index is -4.55. The fourth-order valence-electron chi connectivity index (χ4n) is 3.07. The number of H-pyrrole nitrogens is 1. The molecule has 19 heavy (non-hydrogen) atoms. The summed E-state index contributed by atoms with van der Waals surface area (Å²) in [6, 6.07) is 4.28. The molecule has 2 rings (SSSR count). The molecule has 111 valence electrons. The topological polar surface area (TPSA) is 15.8 Å². The van der Waals surface area contributed by atoms with E-state index in [4.69, 9.17) is 4.82 Å². The summed E-state index contributed by atoms with van der Waals surface area (Å²) in [5.41, 5.74) is 0. The van der Waals surface area contributed by atoms with E-state index >= 15 is 0 Å². The van der Waals surface area contributed by atoms with E-state index in [-0.39, 0.29) is 24.8 Å². The molecule has 1 aliphatic rings. The van der Waals surface area contributed by atoms with Gasteiger partial charge in [-0.1, -0.05) is 0 Å². The van der Waals surface area contributed by atoms with E-state index in [1.165, 1.54) is 7.88 Å². The van der Waals surface area contributed by atoms with Crippen LogP contribution in [0.25, 0.3) is 0 Å². The Morgan fingerprint density at radius 2 is 1.68 bits per heavy atom. The van der Waals surface area contributed by atoms with Crippen LogP contribution in [0.15, 0.2) is 40.4 Å². The average molecular weight is 341 g/mol. The van der Waals surface area contributed by atoms with Gasteiger partial charge in [-0.25, -0.2) is 0 Å². The Morgan fingerprint density at radius 1 is 1.11 bits per heavy atom. The van der Waals surface area contributed by atoms with Crippen molar-refractivity contribution in [2.75, 3.05) is 0 Å². The summed E-state index contributed by atoms with van der Waals surface area (Å²) < 4.78 is 2.76. The molecule has 0 saturated carbocycles. The molecule has 1 nitrogen and oxygen atoms in total. The number of halogens is 2. The van der Waals surface area contributed by atoms with Gasteiger partial charge in [0.05, 0.1) is 0 Å². The second-order valence-corrected chi connectivity index (χ2v) is 44.4. The Labute approximate surface area is 122 Å². The van der Waals surface area contributed by atoms with Gasteiger partial charge < -0.3 is 0 Å². The molecule has 0 radical (unpaired) electrons. The third-order valence-corrected chi connectivity index (χ3v) is 17.5. The molecule has 1 aromatic rings. The molecule has 1 aromatic heterocycles. The van der Waals surface area contributed by atoms with Crippen molar-refractivity contribution in [1.29, 1.82) is 0 Å². The number of nitrogens with one attached hydrogen (secondary N) is 1. The molecule has 0 aromatic carbocycles. The van der Waals surface area contributed by atoms with Gasteiger partial charge in [0.2, 0.25) is 0 Å². The third-order valence-electron chi connectivity index (χ3n) is 5.03. The molecule has 0 bridgehead atoms. The molecule has 1 aliphatic carbocycles. The molecule has 0 spiro atoms. The summed E-state index contributed by atoms with van der Waals surface area (Å²) in [6.07, 6.45) is 9.69. The summed E-state index contributed by atoms with van der Waals surface area (Å²) in [6.45, 7) is 0. The van der Waals surface area contributed by atoms with Crippen LogP contribution >= 0.6 is 24.8 Å². The zero-order chi connectivity index (χ0) is 13.2. The van der Waals surface area contributed by atoms with Gasteiger partial charge in [0.15, 0.2) is 0 Å². The van der Waals surface area contributed by atoms with E-state index in [0.29, 0.717) is 0 Å². The molecule has 0 atom stereocenters. The van der Waals surface area contributed by atoms with Crippen molar-refractivity contribution in [2.24, 2.45) is 0 Å². The summed E-state index contributed by atoms with van der Waals surface area (Å²) in [5.74, 6) is 0. The molecule has 4 heteroatoms. The van der Waals surface area contributed by atoms with Gasteiger partial charge in [0.25, 0.3) is 0 Å². The van der Waals surface area contributed by atoms with Gasteiger partial charge in [-0.3, -0.25) is 0 Å². The van der Waals surface area contributed by atoms with Crippen LogP contribution in [0.2, 0.25) is 26.1 Å². The van der Waals surface area contributed by atoms with Crippen LogP contribution in [0.5, 0.6) is 0 Å². The number of hydrogen-bond donors (Lipinski definition) is 1. The summed E-state index contributed by atoms with van der Waals surface area (Å²) in [5, 5.41) is 12.0. The third kappa shape index (κ3) is 2.59. The average Bonchev–Trinajstić information content (AvgIpc) is 2.76. The van der Waals surface area contributed by atoms with Gasteiger partial charge >= 0.3 is 97.8 Å². The van der Waals surface area contributed by atoms with Crippen LogP contribution in [0.3, 0.4) is 0 Å². The quantitative estimate of drug-likeness (QED) is 0.703. The predicted molar refractivity (Wildman–Crippen MR) is 93.2 cm³/mol. The molecule has 0 saturated heterocycles. The standard InChI is InChI=1S/C5H5.C4H4N.5CH3.CH2.2ClH.Ti/c2*1-2-4-5-3-1;;;;;;;;;/h1-3H,4H2;1-3,5H;5*1H3;1H2;2*1H;. The van der Waals surface area contributed by atoms with Gasteiger partial charge in [0, 0.05) is 0 Å². The zero-order valence-corrected chi connectivity index (χ0v) is 15.9. The summed E-state index contributed by atoms with van der Waals surface area (Å²) >= 11 is 0. The number of hydrogen-bond acceptors (Lipinski definition) is 0. The van der Waals surface area contributed by atoms with E-state index in [2.05, 4.69) is 61.5 Å². The van der Waals surface area contributed by atoms with E-state index in [1.807, 2.05) is 6.20 Å².